The maximum atomic E-state index is 5.50. The van der Waals surface area contributed by atoms with Crippen LogP contribution in [0.1, 0.15) is 16.6 Å². The van der Waals surface area contributed by atoms with Gasteiger partial charge >= 0.3 is 0 Å². The Hall–Kier alpha value is -0.910. The van der Waals surface area contributed by atoms with Crippen LogP contribution in [0.4, 0.5) is 0 Å². The third-order valence-corrected chi connectivity index (χ3v) is 2.86. The number of hydrogen-bond acceptors (Lipinski definition) is 5. The van der Waals surface area contributed by atoms with Gasteiger partial charge in [0.15, 0.2) is 11.7 Å². The zero-order chi connectivity index (χ0) is 10.8. The molecule has 0 aliphatic heterocycles. The van der Waals surface area contributed by atoms with Crippen LogP contribution in [-0.4, -0.2) is 17.0 Å². The van der Waals surface area contributed by atoms with Gasteiger partial charge in [-0.3, -0.25) is 0 Å². The zero-order valence-corrected chi connectivity index (χ0v) is 11.0. The molecule has 0 fully saturated rings. The molecule has 16 heavy (non-hydrogen) atoms. The van der Waals surface area contributed by atoms with Crippen LogP contribution in [0.5, 0.6) is 0 Å². The van der Waals surface area contributed by atoms with Crippen LogP contribution in [-0.2, 0) is 6.54 Å². The first-order valence-corrected chi connectivity index (χ1v) is 5.62. The van der Waals surface area contributed by atoms with Gasteiger partial charge in [-0.15, -0.1) is 23.7 Å². The molecule has 1 N–H and O–H groups in total. The minimum absolute atomic E-state index is 0. The summed E-state index contributed by atoms with van der Waals surface area (Å²) >= 11 is 1.63. The molecule has 0 unspecified atom stereocenters. The average molecular weight is 260 g/mol. The molecule has 0 saturated heterocycles. The Labute approximate surface area is 105 Å². The molecular formula is C10H14ClN3OS. The molecule has 0 aromatic carbocycles. The summed E-state index contributed by atoms with van der Waals surface area (Å²) in [6, 6.07) is 0. The number of nitrogens with zero attached hydrogens (tertiary/aromatic N) is 2. The highest BCUT2D eigenvalue weighted by Gasteiger charge is 2.12. The Morgan fingerprint density at radius 3 is 2.69 bits per heavy atom. The van der Waals surface area contributed by atoms with E-state index in [1.165, 1.54) is 0 Å². The molecule has 0 radical (unpaired) electrons. The van der Waals surface area contributed by atoms with Crippen LogP contribution < -0.4 is 5.32 Å². The molecule has 2 rings (SSSR count). The van der Waals surface area contributed by atoms with Gasteiger partial charge in [0.1, 0.15) is 10.7 Å². The number of halogens is 1. The average Bonchev–Trinajstić information content (AvgIpc) is 2.73. The van der Waals surface area contributed by atoms with Crippen molar-refractivity contribution in [1.82, 2.24) is 15.3 Å². The van der Waals surface area contributed by atoms with Crippen LogP contribution in [0.15, 0.2) is 9.80 Å². The van der Waals surface area contributed by atoms with E-state index in [0.29, 0.717) is 5.89 Å². The van der Waals surface area contributed by atoms with Crippen molar-refractivity contribution < 1.29 is 4.42 Å². The number of nitrogens with one attached hydrogen (secondary N) is 1. The third kappa shape index (κ3) is 2.61. The summed E-state index contributed by atoms with van der Waals surface area (Å²) in [5.41, 5.74) is 1.78. The van der Waals surface area contributed by atoms with Crippen molar-refractivity contribution in [2.24, 2.45) is 0 Å². The van der Waals surface area contributed by atoms with Crippen LogP contribution in [0.25, 0.3) is 11.5 Å². The van der Waals surface area contributed by atoms with Gasteiger partial charge in [0.2, 0.25) is 0 Å². The normalized spacial score (nSPS) is 10.2. The molecule has 4 nitrogen and oxygen atoms in total. The minimum atomic E-state index is 0. The first-order chi connectivity index (χ1) is 7.20. The van der Waals surface area contributed by atoms with Crippen LogP contribution in [0.3, 0.4) is 0 Å². The summed E-state index contributed by atoms with van der Waals surface area (Å²) in [6.45, 7) is 4.57. The summed E-state index contributed by atoms with van der Waals surface area (Å²) in [4.78, 5) is 8.69. The molecule has 2 aromatic rings. The first-order valence-electron chi connectivity index (χ1n) is 4.74. The van der Waals surface area contributed by atoms with E-state index in [2.05, 4.69) is 15.3 Å². The van der Waals surface area contributed by atoms with E-state index in [1.807, 2.05) is 26.3 Å². The van der Waals surface area contributed by atoms with E-state index in [1.54, 1.807) is 11.3 Å². The quantitative estimate of drug-likeness (QED) is 0.920. The monoisotopic (exact) mass is 259 g/mol. The molecule has 88 valence electrons. The van der Waals surface area contributed by atoms with Gasteiger partial charge in [-0.2, -0.15) is 0 Å². The minimum Gasteiger partial charge on any atom is -0.439 e. The fourth-order valence-electron chi connectivity index (χ4n) is 1.42. The Kier molecular flexibility index (Phi) is 4.46. The molecule has 2 aromatic heterocycles. The Bertz CT molecular complexity index is 466. The number of rotatable bonds is 3. The summed E-state index contributed by atoms with van der Waals surface area (Å²) in [5, 5.41) is 6.13. The van der Waals surface area contributed by atoms with Crippen molar-refractivity contribution >= 4 is 23.7 Å². The SMILES string of the molecule is CNCc1nc(-c2oc(C)nc2C)cs1.Cl. The lowest BCUT2D eigenvalue weighted by Crippen LogP contribution is -2.04. The van der Waals surface area contributed by atoms with E-state index in [-0.39, 0.29) is 12.4 Å². The Morgan fingerprint density at radius 1 is 1.38 bits per heavy atom. The highest BCUT2D eigenvalue weighted by molar-refractivity contribution is 7.09. The van der Waals surface area contributed by atoms with Crippen LogP contribution in [0.2, 0.25) is 0 Å². The lowest BCUT2D eigenvalue weighted by Gasteiger charge is -1.92. The molecule has 0 spiro atoms. The third-order valence-electron chi connectivity index (χ3n) is 2.02. The predicted octanol–water partition coefficient (Wildman–Crippen LogP) is 2.56. The number of thiazole rings is 1. The van der Waals surface area contributed by atoms with Gasteiger partial charge < -0.3 is 9.73 Å². The highest BCUT2D eigenvalue weighted by Crippen LogP contribution is 2.25. The molecule has 0 saturated carbocycles. The molecule has 0 bridgehead atoms. The number of aryl methyl sites for hydroxylation is 2. The van der Waals surface area contributed by atoms with Crippen LogP contribution in [0, 0.1) is 13.8 Å². The number of oxazole rings is 1. The molecule has 0 aliphatic rings. The van der Waals surface area contributed by atoms with Crippen molar-refractivity contribution in [3.8, 4) is 11.5 Å². The van der Waals surface area contributed by atoms with Crippen LogP contribution >= 0.6 is 23.7 Å². The van der Waals surface area contributed by atoms with Crippen molar-refractivity contribution in [2.45, 2.75) is 20.4 Å². The van der Waals surface area contributed by atoms with Gasteiger partial charge in [0.25, 0.3) is 0 Å². The van der Waals surface area contributed by atoms with Gasteiger partial charge in [-0.1, -0.05) is 0 Å². The molecule has 2 heterocycles. The van der Waals surface area contributed by atoms with Crippen molar-refractivity contribution in [3.05, 3.63) is 22.0 Å². The van der Waals surface area contributed by atoms with Gasteiger partial charge in [-0.25, -0.2) is 9.97 Å². The van der Waals surface area contributed by atoms with Crippen molar-refractivity contribution in [3.63, 3.8) is 0 Å². The lowest BCUT2D eigenvalue weighted by molar-refractivity contribution is 0.532. The topological polar surface area (TPSA) is 51.0 Å². The fraction of sp³-hybridized carbons (Fsp3) is 0.400. The summed E-state index contributed by atoms with van der Waals surface area (Å²) in [5.74, 6) is 1.47. The highest BCUT2D eigenvalue weighted by atomic mass is 35.5. The van der Waals surface area contributed by atoms with E-state index in [9.17, 15) is 0 Å². The van der Waals surface area contributed by atoms with E-state index in [0.717, 1.165) is 28.7 Å². The fourth-order valence-corrected chi connectivity index (χ4v) is 2.20. The van der Waals surface area contributed by atoms with Gasteiger partial charge in [0, 0.05) is 18.8 Å². The summed E-state index contributed by atoms with van der Waals surface area (Å²) in [6.07, 6.45) is 0. The molecule has 0 amide bonds. The van der Waals surface area contributed by atoms with E-state index < -0.39 is 0 Å². The van der Waals surface area contributed by atoms with Gasteiger partial charge in [-0.05, 0) is 14.0 Å². The molecule has 0 atom stereocenters. The number of hydrogen-bond donors (Lipinski definition) is 1. The maximum Gasteiger partial charge on any atom is 0.192 e. The van der Waals surface area contributed by atoms with E-state index >= 15 is 0 Å². The molecule has 0 aliphatic carbocycles. The van der Waals surface area contributed by atoms with Crippen molar-refractivity contribution in [1.29, 1.82) is 0 Å². The second-order valence-corrected chi connectivity index (χ2v) is 4.25. The van der Waals surface area contributed by atoms with Gasteiger partial charge in [0.05, 0.1) is 5.69 Å². The second kappa shape index (κ2) is 5.43. The van der Waals surface area contributed by atoms with Crippen molar-refractivity contribution in [2.75, 3.05) is 7.05 Å². The maximum absolute atomic E-state index is 5.50. The zero-order valence-electron chi connectivity index (χ0n) is 9.40. The predicted molar refractivity (Wildman–Crippen MR) is 67.1 cm³/mol. The first kappa shape index (κ1) is 13.2. The Morgan fingerprint density at radius 2 is 2.12 bits per heavy atom. The largest absolute Gasteiger partial charge is 0.439 e. The molecular weight excluding hydrogens is 246 g/mol. The smallest absolute Gasteiger partial charge is 0.192 e. The summed E-state index contributed by atoms with van der Waals surface area (Å²) in [7, 11) is 1.91. The second-order valence-electron chi connectivity index (χ2n) is 3.30. The number of aromatic nitrogens is 2. The lowest BCUT2D eigenvalue weighted by atomic mass is 10.3. The Balaban J connectivity index is 0.00000128. The van der Waals surface area contributed by atoms with E-state index in [4.69, 9.17) is 4.42 Å². The standard InChI is InChI=1S/C10H13N3OS.ClH/c1-6-10(14-7(2)12-6)8-5-15-9(13-8)4-11-3;/h5,11H,4H2,1-3H3;1H. The molecule has 6 heteroatoms. The summed E-state index contributed by atoms with van der Waals surface area (Å²) < 4.78 is 5.50.